The van der Waals surface area contributed by atoms with Crippen LogP contribution in [0.2, 0.25) is 0 Å². The number of rotatable bonds is 9. The number of hydrogen-bond donors (Lipinski definition) is 2. The second-order valence-electron chi connectivity index (χ2n) is 6.90. The Kier molecular flexibility index (Phi) is 8.06. The van der Waals surface area contributed by atoms with Crippen molar-refractivity contribution in [3.05, 3.63) is 23.8 Å². The molecule has 0 heterocycles. The normalized spacial score (nSPS) is 20.2. The monoisotopic (exact) mass is 349 g/mol. The second-order valence-corrected chi connectivity index (χ2v) is 6.90. The number of hydrogen-bond acceptors (Lipinski definition) is 4. The highest BCUT2D eigenvalue weighted by atomic mass is 16.5. The van der Waals surface area contributed by atoms with Crippen molar-refractivity contribution in [1.82, 2.24) is 5.32 Å². The molecule has 2 rings (SSSR count). The van der Waals surface area contributed by atoms with E-state index in [0.29, 0.717) is 18.1 Å². The van der Waals surface area contributed by atoms with Crippen LogP contribution in [0.4, 0.5) is 0 Å². The molecule has 0 atom stereocenters. The molecular formula is C20H31NO4. The van der Waals surface area contributed by atoms with Gasteiger partial charge in [0, 0.05) is 19.3 Å². The summed E-state index contributed by atoms with van der Waals surface area (Å²) in [6.45, 7) is 3.89. The maximum absolute atomic E-state index is 12.3. The zero-order valence-electron chi connectivity index (χ0n) is 15.4. The average Bonchev–Trinajstić information content (AvgIpc) is 2.61. The molecule has 25 heavy (non-hydrogen) atoms. The first-order chi connectivity index (χ1) is 12.1. The molecular weight excluding hydrogens is 318 g/mol. The third-order valence-electron chi connectivity index (χ3n) is 4.82. The number of amides is 1. The zero-order valence-corrected chi connectivity index (χ0v) is 15.4. The lowest BCUT2D eigenvalue weighted by atomic mass is 9.86. The van der Waals surface area contributed by atoms with Gasteiger partial charge in [0.1, 0.15) is 0 Å². The van der Waals surface area contributed by atoms with Crippen LogP contribution in [0.3, 0.4) is 0 Å². The summed E-state index contributed by atoms with van der Waals surface area (Å²) in [5.74, 6) is 1.14. The Hall–Kier alpha value is -1.75. The van der Waals surface area contributed by atoms with Crippen LogP contribution >= 0.6 is 0 Å². The van der Waals surface area contributed by atoms with Gasteiger partial charge in [0.25, 0.3) is 0 Å². The lowest BCUT2D eigenvalue weighted by Gasteiger charge is -2.29. The Labute approximate surface area is 150 Å². The van der Waals surface area contributed by atoms with Gasteiger partial charge in [0.2, 0.25) is 5.91 Å². The molecule has 1 amide bonds. The molecule has 140 valence electrons. The van der Waals surface area contributed by atoms with Crippen molar-refractivity contribution in [2.45, 2.75) is 57.9 Å². The van der Waals surface area contributed by atoms with Gasteiger partial charge < -0.3 is 19.9 Å². The number of carbonyl (C=O) groups excluding carboxylic acids is 1. The van der Waals surface area contributed by atoms with E-state index in [4.69, 9.17) is 9.47 Å². The Balaban J connectivity index is 1.70. The number of ether oxygens (including phenoxy) is 2. The van der Waals surface area contributed by atoms with Crippen LogP contribution in [-0.2, 0) is 16.0 Å². The van der Waals surface area contributed by atoms with Gasteiger partial charge in [0.15, 0.2) is 11.5 Å². The molecule has 2 N–H and O–H groups in total. The summed E-state index contributed by atoms with van der Waals surface area (Å²) < 4.78 is 10.8. The molecule has 0 aromatic heterocycles. The third kappa shape index (κ3) is 6.58. The van der Waals surface area contributed by atoms with Crippen molar-refractivity contribution in [1.29, 1.82) is 0 Å². The predicted molar refractivity (Wildman–Crippen MR) is 98.0 cm³/mol. The molecule has 0 saturated heterocycles. The first kappa shape index (κ1) is 19.6. The third-order valence-corrected chi connectivity index (χ3v) is 4.82. The molecule has 0 radical (unpaired) electrons. The van der Waals surface area contributed by atoms with Crippen LogP contribution in [0, 0.1) is 5.92 Å². The van der Waals surface area contributed by atoms with Gasteiger partial charge in [-0.05, 0) is 55.7 Å². The number of aromatic hydroxyl groups is 1. The van der Waals surface area contributed by atoms with Crippen LogP contribution in [0.5, 0.6) is 11.5 Å². The maximum atomic E-state index is 12.3. The number of nitrogens with one attached hydrogen (secondary N) is 1. The van der Waals surface area contributed by atoms with Gasteiger partial charge in [-0.1, -0.05) is 19.4 Å². The number of benzene rings is 1. The van der Waals surface area contributed by atoms with Crippen molar-refractivity contribution in [2.24, 2.45) is 5.92 Å². The molecule has 0 unspecified atom stereocenters. The molecule has 1 aromatic carbocycles. The van der Waals surface area contributed by atoms with Crippen molar-refractivity contribution >= 4 is 5.91 Å². The van der Waals surface area contributed by atoms with Crippen molar-refractivity contribution < 1.29 is 19.4 Å². The molecule has 1 fully saturated rings. The topological polar surface area (TPSA) is 67.8 Å². The lowest BCUT2D eigenvalue weighted by molar-refractivity contribution is -0.121. The summed E-state index contributed by atoms with van der Waals surface area (Å²) in [5, 5.41) is 12.7. The Morgan fingerprint density at radius 1 is 1.28 bits per heavy atom. The average molecular weight is 349 g/mol. The minimum absolute atomic E-state index is 0.0235. The largest absolute Gasteiger partial charge is 0.504 e. The summed E-state index contributed by atoms with van der Waals surface area (Å²) >= 11 is 0. The van der Waals surface area contributed by atoms with Crippen LogP contribution in [0.25, 0.3) is 0 Å². The quantitative estimate of drug-likeness (QED) is 0.670. The SMILES string of the molecule is CCCCOC[C@H]1CC[C@H](NC(=O)Cc2ccc(O)c(OC)c2)CC1. The number of phenolic OH excluding ortho intramolecular Hbond substituents is 1. The van der Waals surface area contributed by atoms with E-state index in [9.17, 15) is 9.90 Å². The van der Waals surface area contributed by atoms with Crippen molar-refractivity contribution in [2.75, 3.05) is 20.3 Å². The number of phenols is 1. The maximum Gasteiger partial charge on any atom is 0.224 e. The highest BCUT2D eigenvalue weighted by Gasteiger charge is 2.22. The minimum Gasteiger partial charge on any atom is -0.504 e. The predicted octanol–water partition coefficient (Wildman–Crippen LogP) is 3.44. The van der Waals surface area contributed by atoms with Gasteiger partial charge >= 0.3 is 0 Å². The summed E-state index contributed by atoms with van der Waals surface area (Å²) in [6.07, 6.45) is 6.88. The highest BCUT2D eigenvalue weighted by molar-refractivity contribution is 5.79. The number of unbranched alkanes of at least 4 members (excludes halogenated alkanes) is 1. The smallest absolute Gasteiger partial charge is 0.224 e. The van der Waals surface area contributed by atoms with Gasteiger partial charge in [-0.2, -0.15) is 0 Å². The fourth-order valence-electron chi connectivity index (χ4n) is 3.27. The van der Waals surface area contributed by atoms with Crippen LogP contribution in [0.1, 0.15) is 51.0 Å². The van der Waals surface area contributed by atoms with E-state index in [1.165, 1.54) is 13.5 Å². The van der Waals surface area contributed by atoms with Crippen molar-refractivity contribution in [3.8, 4) is 11.5 Å². The molecule has 1 aliphatic carbocycles. The lowest BCUT2D eigenvalue weighted by Crippen LogP contribution is -2.39. The Morgan fingerprint density at radius 3 is 2.72 bits per heavy atom. The standard InChI is InChI=1S/C20H31NO4/c1-3-4-11-25-14-15-5-8-17(9-6-15)21-20(23)13-16-7-10-18(22)19(12-16)24-2/h7,10,12,15,17,22H,3-6,8-9,11,13-14H2,1-2H3,(H,21,23)/t15-,17-. The van der Waals surface area contributed by atoms with Crippen molar-refractivity contribution in [3.63, 3.8) is 0 Å². The fraction of sp³-hybridized carbons (Fsp3) is 0.650. The van der Waals surface area contributed by atoms with Crippen LogP contribution in [0.15, 0.2) is 18.2 Å². The number of methoxy groups -OCH3 is 1. The second kappa shape index (κ2) is 10.3. The van der Waals surface area contributed by atoms with Crippen LogP contribution in [-0.4, -0.2) is 37.4 Å². The first-order valence-corrected chi connectivity index (χ1v) is 9.35. The fourth-order valence-corrected chi connectivity index (χ4v) is 3.27. The van der Waals surface area contributed by atoms with E-state index in [2.05, 4.69) is 12.2 Å². The van der Waals surface area contributed by atoms with E-state index < -0.39 is 0 Å². The first-order valence-electron chi connectivity index (χ1n) is 9.35. The van der Waals surface area contributed by atoms with E-state index >= 15 is 0 Å². The minimum atomic E-state index is 0.0235. The summed E-state index contributed by atoms with van der Waals surface area (Å²) in [7, 11) is 1.50. The van der Waals surface area contributed by atoms with Gasteiger partial charge in [-0.3, -0.25) is 4.79 Å². The summed E-state index contributed by atoms with van der Waals surface area (Å²) in [6, 6.07) is 5.28. The van der Waals surface area contributed by atoms with Gasteiger partial charge in [-0.25, -0.2) is 0 Å². The Morgan fingerprint density at radius 2 is 2.04 bits per heavy atom. The number of carbonyl (C=O) groups is 1. The molecule has 0 bridgehead atoms. The zero-order chi connectivity index (χ0) is 18.1. The Bertz CT molecular complexity index is 538. The van der Waals surface area contributed by atoms with Gasteiger partial charge in [0.05, 0.1) is 13.5 Å². The molecule has 0 aliphatic heterocycles. The summed E-state index contributed by atoms with van der Waals surface area (Å²) in [5.41, 5.74) is 0.838. The molecule has 0 spiro atoms. The molecule has 5 heteroatoms. The molecule has 1 saturated carbocycles. The highest BCUT2D eigenvalue weighted by Crippen LogP contribution is 2.27. The molecule has 5 nitrogen and oxygen atoms in total. The van der Waals surface area contributed by atoms with E-state index in [1.807, 2.05) is 0 Å². The van der Waals surface area contributed by atoms with Crippen LogP contribution < -0.4 is 10.1 Å². The van der Waals surface area contributed by atoms with E-state index in [0.717, 1.165) is 50.9 Å². The summed E-state index contributed by atoms with van der Waals surface area (Å²) in [4.78, 5) is 12.3. The molecule has 1 aromatic rings. The van der Waals surface area contributed by atoms with E-state index in [1.54, 1.807) is 18.2 Å². The van der Waals surface area contributed by atoms with E-state index in [-0.39, 0.29) is 17.7 Å². The molecule has 1 aliphatic rings. The van der Waals surface area contributed by atoms with Gasteiger partial charge in [-0.15, -0.1) is 0 Å².